The quantitative estimate of drug-likeness (QED) is 0.867. The molecule has 0 bridgehead atoms. The second kappa shape index (κ2) is 4.84. The van der Waals surface area contributed by atoms with Gasteiger partial charge in [0.2, 0.25) is 0 Å². The predicted molar refractivity (Wildman–Crippen MR) is 69.7 cm³/mol. The summed E-state index contributed by atoms with van der Waals surface area (Å²) in [6.07, 6.45) is 7.31. The van der Waals surface area contributed by atoms with E-state index in [1.54, 1.807) is 11.3 Å². The van der Waals surface area contributed by atoms with E-state index >= 15 is 0 Å². The van der Waals surface area contributed by atoms with Crippen molar-refractivity contribution in [1.29, 1.82) is 0 Å². The van der Waals surface area contributed by atoms with Crippen LogP contribution in [0.4, 0.5) is 0 Å². The van der Waals surface area contributed by atoms with Crippen molar-refractivity contribution in [2.75, 3.05) is 0 Å². The average Bonchev–Trinajstić information content (AvgIpc) is 2.74. The molecule has 1 saturated carbocycles. The van der Waals surface area contributed by atoms with Gasteiger partial charge in [0.05, 0.1) is 5.51 Å². The molecule has 2 rings (SSSR count). The molecule has 0 aliphatic heterocycles. The first-order valence-corrected chi connectivity index (χ1v) is 7.09. The molecule has 1 fully saturated rings. The molecule has 1 aliphatic rings. The Morgan fingerprint density at radius 3 is 2.69 bits per heavy atom. The summed E-state index contributed by atoms with van der Waals surface area (Å²) in [5.41, 5.74) is 2.48. The molecule has 2 nitrogen and oxygen atoms in total. The standard InChI is InChI=1S/C13H22N2S/c1-10(12-8-14-9-16-12)15-11-4-6-13(2,3)7-5-11/h8-11,15H,4-7H2,1-3H3. The van der Waals surface area contributed by atoms with Gasteiger partial charge in [0.25, 0.3) is 0 Å². The van der Waals surface area contributed by atoms with Crippen LogP contribution in [-0.2, 0) is 0 Å². The number of nitrogens with one attached hydrogen (secondary N) is 1. The first kappa shape index (κ1) is 12.1. The normalized spacial score (nSPS) is 23.2. The van der Waals surface area contributed by atoms with E-state index in [0.29, 0.717) is 17.5 Å². The van der Waals surface area contributed by atoms with Crippen molar-refractivity contribution in [2.45, 2.75) is 58.5 Å². The fourth-order valence-corrected chi connectivity index (χ4v) is 3.08. The van der Waals surface area contributed by atoms with Crippen LogP contribution in [0.5, 0.6) is 0 Å². The fourth-order valence-electron chi connectivity index (χ4n) is 2.44. The highest BCUT2D eigenvalue weighted by molar-refractivity contribution is 7.09. The van der Waals surface area contributed by atoms with E-state index in [0.717, 1.165) is 0 Å². The van der Waals surface area contributed by atoms with Crippen molar-refractivity contribution in [2.24, 2.45) is 5.41 Å². The second-order valence-corrected chi connectivity index (χ2v) is 6.65. The van der Waals surface area contributed by atoms with E-state index in [1.807, 2.05) is 11.7 Å². The molecule has 90 valence electrons. The van der Waals surface area contributed by atoms with Gasteiger partial charge in [0, 0.05) is 23.2 Å². The van der Waals surface area contributed by atoms with Crippen molar-refractivity contribution >= 4 is 11.3 Å². The largest absolute Gasteiger partial charge is 0.307 e. The molecule has 0 aromatic carbocycles. The lowest BCUT2D eigenvalue weighted by molar-refractivity contribution is 0.200. The van der Waals surface area contributed by atoms with Gasteiger partial charge in [-0.2, -0.15) is 0 Å². The monoisotopic (exact) mass is 238 g/mol. The summed E-state index contributed by atoms with van der Waals surface area (Å²) in [5, 5.41) is 3.73. The number of aromatic nitrogens is 1. The van der Waals surface area contributed by atoms with Crippen LogP contribution in [0.1, 0.15) is 57.4 Å². The van der Waals surface area contributed by atoms with E-state index in [-0.39, 0.29) is 0 Å². The predicted octanol–water partition coefficient (Wildman–Crippen LogP) is 3.76. The van der Waals surface area contributed by atoms with Crippen LogP contribution >= 0.6 is 11.3 Å². The molecule has 1 N–H and O–H groups in total. The van der Waals surface area contributed by atoms with Gasteiger partial charge >= 0.3 is 0 Å². The highest BCUT2D eigenvalue weighted by atomic mass is 32.1. The van der Waals surface area contributed by atoms with Crippen LogP contribution in [0, 0.1) is 5.41 Å². The molecule has 1 aromatic rings. The van der Waals surface area contributed by atoms with Gasteiger partial charge in [0.15, 0.2) is 0 Å². The van der Waals surface area contributed by atoms with Gasteiger partial charge in [0.1, 0.15) is 0 Å². The van der Waals surface area contributed by atoms with Crippen LogP contribution < -0.4 is 5.32 Å². The molecule has 1 atom stereocenters. The minimum absolute atomic E-state index is 0.457. The Labute approximate surface area is 102 Å². The van der Waals surface area contributed by atoms with Gasteiger partial charge in [-0.25, -0.2) is 0 Å². The van der Waals surface area contributed by atoms with Crippen molar-refractivity contribution in [3.8, 4) is 0 Å². The molecule has 1 aliphatic carbocycles. The molecule has 1 unspecified atom stereocenters. The third-order valence-corrected chi connectivity index (χ3v) is 4.66. The van der Waals surface area contributed by atoms with Crippen molar-refractivity contribution < 1.29 is 0 Å². The summed E-state index contributed by atoms with van der Waals surface area (Å²) in [5.74, 6) is 0. The van der Waals surface area contributed by atoms with Gasteiger partial charge < -0.3 is 5.32 Å². The molecule has 16 heavy (non-hydrogen) atoms. The molecule has 0 spiro atoms. The molecule has 3 heteroatoms. The smallest absolute Gasteiger partial charge is 0.0794 e. The number of hydrogen-bond acceptors (Lipinski definition) is 3. The Bertz CT molecular complexity index is 309. The summed E-state index contributed by atoms with van der Waals surface area (Å²) in [6, 6.07) is 1.16. The lowest BCUT2D eigenvalue weighted by Gasteiger charge is -2.35. The number of rotatable bonds is 3. The van der Waals surface area contributed by atoms with Crippen LogP contribution in [0.2, 0.25) is 0 Å². The van der Waals surface area contributed by atoms with Crippen LogP contribution in [0.15, 0.2) is 11.7 Å². The summed E-state index contributed by atoms with van der Waals surface area (Å²) >= 11 is 1.75. The molecule has 0 saturated heterocycles. The van der Waals surface area contributed by atoms with Gasteiger partial charge in [-0.3, -0.25) is 4.98 Å². The van der Waals surface area contributed by atoms with Gasteiger partial charge in [-0.1, -0.05) is 13.8 Å². The lowest BCUT2D eigenvalue weighted by Crippen LogP contribution is -2.36. The SMILES string of the molecule is CC(NC1CCC(C)(C)CC1)c1cncs1. The Morgan fingerprint density at radius 2 is 2.12 bits per heavy atom. The van der Waals surface area contributed by atoms with Crippen LogP contribution in [0.3, 0.4) is 0 Å². The fraction of sp³-hybridized carbons (Fsp3) is 0.769. The van der Waals surface area contributed by atoms with Gasteiger partial charge in [-0.15, -0.1) is 11.3 Å². The molecular weight excluding hydrogens is 216 g/mol. The maximum absolute atomic E-state index is 4.14. The lowest BCUT2D eigenvalue weighted by atomic mass is 9.75. The summed E-state index contributed by atoms with van der Waals surface area (Å²) in [6.45, 7) is 7.01. The van der Waals surface area contributed by atoms with E-state index in [1.165, 1.54) is 30.6 Å². The first-order valence-electron chi connectivity index (χ1n) is 6.21. The highest BCUT2D eigenvalue weighted by Crippen LogP contribution is 2.35. The van der Waals surface area contributed by atoms with Crippen molar-refractivity contribution in [1.82, 2.24) is 10.3 Å². The number of nitrogens with zero attached hydrogens (tertiary/aromatic N) is 1. The highest BCUT2D eigenvalue weighted by Gasteiger charge is 2.27. The van der Waals surface area contributed by atoms with E-state index in [4.69, 9.17) is 0 Å². The van der Waals surface area contributed by atoms with Crippen LogP contribution in [0.25, 0.3) is 0 Å². The zero-order valence-corrected chi connectivity index (χ0v) is 11.3. The minimum atomic E-state index is 0.457. The van der Waals surface area contributed by atoms with E-state index in [9.17, 15) is 0 Å². The summed E-state index contributed by atoms with van der Waals surface area (Å²) < 4.78 is 0. The number of hydrogen-bond donors (Lipinski definition) is 1. The van der Waals surface area contributed by atoms with Crippen LogP contribution in [-0.4, -0.2) is 11.0 Å². The second-order valence-electron chi connectivity index (χ2n) is 5.73. The Balaban J connectivity index is 1.83. The maximum atomic E-state index is 4.14. The minimum Gasteiger partial charge on any atom is -0.307 e. The van der Waals surface area contributed by atoms with Crippen molar-refractivity contribution in [3.05, 3.63) is 16.6 Å². The third-order valence-electron chi connectivity index (χ3n) is 3.70. The zero-order valence-electron chi connectivity index (χ0n) is 10.5. The van der Waals surface area contributed by atoms with Crippen molar-refractivity contribution in [3.63, 3.8) is 0 Å². The molecule has 1 aromatic heterocycles. The molecule has 0 amide bonds. The van der Waals surface area contributed by atoms with Gasteiger partial charge in [-0.05, 0) is 38.0 Å². The zero-order chi connectivity index (χ0) is 11.6. The molecule has 1 heterocycles. The van der Waals surface area contributed by atoms with E-state index < -0.39 is 0 Å². The Kier molecular flexibility index (Phi) is 3.65. The Hall–Kier alpha value is -0.410. The Morgan fingerprint density at radius 1 is 1.44 bits per heavy atom. The van der Waals surface area contributed by atoms with E-state index in [2.05, 4.69) is 31.1 Å². The molecular formula is C13H22N2S. The maximum Gasteiger partial charge on any atom is 0.0794 e. The first-order chi connectivity index (χ1) is 7.57. The average molecular weight is 238 g/mol. The molecule has 0 radical (unpaired) electrons. The number of thiazole rings is 1. The summed E-state index contributed by atoms with van der Waals surface area (Å²) in [4.78, 5) is 5.49. The summed E-state index contributed by atoms with van der Waals surface area (Å²) in [7, 11) is 0. The topological polar surface area (TPSA) is 24.9 Å². The third kappa shape index (κ3) is 3.05.